The molecule has 0 bridgehead atoms. The zero-order valence-corrected chi connectivity index (χ0v) is 21.6. The van der Waals surface area contributed by atoms with Gasteiger partial charge in [-0.05, 0) is 40.9 Å². The minimum Gasteiger partial charge on any atom is -0.494 e. The SMILES string of the molecule is COc1ccc(Cl)c(CNc2nc(Cl)nc3c2CN(Cc2ccc(Cn4ccccc4=O)cc2)C3)c1F. The second kappa shape index (κ2) is 10.9. The normalized spacial score (nSPS) is 13.0. The van der Waals surface area contributed by atoms with E-state index in [0.29, 0.717) is 37.0 Å². The minimum absolute atomic E-state index is 0.0259. The first kappa shape index (κ1) is 25.2. The molecule has 190 valence electrons. The molecule has 1 aliphatic heterocycles. The van der Waals surface area contributed by atoms with Crippen LogP contribution in [0.25, 0.3) is 0 Å². The van der Waals surface area contributed by atoms with Crippen molar-refractivity contribution in [3.05, 3.63) is 115 Å². The van der Waals surface area contributed by atoms with Crippen molar-refractivity contribution in [3.63, 3.8) is 0 Å². The number of fused-ring (bicyclic) bond motifs is 1. The highest BCUT2D eigenvalue weighted by atomic mass is 35.5. The third-order valence-corrected chi connectivity index (χ3v) is 6.83. The van der Waals surface area contributed by atoms with E-state index < -0.39 is 5.82 Å². The predicted octanol–water partition coefficient (Wildman–Crippen LogP) is 5.27. The lowest BCUT2D eigenvalue weighted by Gasteiger charge is -2.15. The first-order chi connectivity index (χ1) is 17.9. The Morgan fingerprint density at radius 3 is 2.49 bits per heavy atom. The summed E-state index contributed by atoms with van der Waals surface area (Å²) in [5.41, 5.74) is 4.20. The van der Waals surface area contributed by atoms with Gasteiger partial charge in [-0.15, -0.1) is 0 Å². The van der Waals surface area contributed by atoms with E-state index in [1.807, 2.05) is 18.2 Å². The van der Waals surface area contributed by atoms with Crippen molar-refractivity contribution in [2.75, 3.05) is 12.4 Å². The summed E-state index contributed by atoms with van der Waals surface area (Å²) < 4.78 is 21.5. The first-order valence-electron chi connectivity index (χ1n) is 11.7. The van der Waals surface area contributed by atoms with Gasteiger partial charge in [0.1, 0.15) is 5.82 Å². The number of anilines is 1. The molecule has 5 rings (SSSR count). The highest BCUT2D eigenvalue weighted by Crippen LogP contribution is 2.31. The second-order valence-corrected chi connectivity index (χ2v) is 9.54. The van der Waals surface area contributed by atoms with Crippen LogP contribution >= 0.6 is 23.2 Å². The van der Waals surface area contributed by atoms with Gasteiger partial charge in [-0.3, -0.25) is 9.69 Å². The Morgan fingerprint density at radius 1 is 1.00 bits per heavy atom. The van der Waals surface area contributed by atoms with Crippen molar-refractivity contribution in [1.82, 2.24) is 19.4 Å². The van der Waals surface area contributed by atoms with Gasteiger partial charge in [0.05, 0.1) is 19.3 Å². The summed E-state index contributed by atoms with van der Waals surface area (Å²) in [7, 11) is 1.41. The van der Waals surface area contributed by atoms with Crippen LogP contribution in [0.15, 0.2) is 65.6 Å². The van der Waals surface area contributed by atoms with Gasteiger partial charge in [-0.25, -0.2) is 14.4 Å². The number of benzene rings is 2. The summed E-state index contributed by atoms with van der Waals surface area (Å²) in [6, 6.07) is 16.4. The molecule has 1 N–H and O–H groups in total. The van der Waals surface area contributed by atoms with Crippen LogP contribution in [0, 0.1) is 5.82 Å². The summed E-state index contributed by atoms with van der Waals surface area (Å²) in [6.45, 7) is 2.57. The third-order valence-electron chi connectivity index (χ3n) is 6.30. The molecule has 0 spiro atoms. The summed E-state index contributed by atoms with van der Waals surface area (Å²) in [4.78, 5) is 23.0. The van der Waals surface area contributed by atoms with Gasteiger partial charge in [-0.1, -0.05) is 41.9 Å². The molecule has 0 amide bonds. The molecule has 0 fully saturated rings. The van der Waals surface area contributed by atoms with Crippen molar-refractivity contribution < 1.29 is 9.13 Å². The highest BCUT2D eigenvalue weighted by Gasteiger charge is 2.25. The Morgan fingerprint density at radius 2 is 1.76 bits per heavy atom. The average molecular weight is 540 g/mol. The summed E-state index contributed by atoms with van der Waals surface area (Å²) in [5.74, 6) is 0.168. The zero-order chi connectivity index (χ0) is 25.9. The molecule has 2 aromatic carbocycles. The largest absolute Gasteiger partial charge is 0.494 e. The number of methoxy groups -OCH3 is 1. The van der Waals surface area contributed by atoms with Crippen molar-refractivity contribution in [2.45, 2.75) is 32.7 Å². The lowest BCUT2D eigenvalue weighted by Crippen LogP contribution is -2.18. The summed E-state index contributed by atoms with van der Waals surface area (Å²) >= 11 is 12.4. The lowest BCUT2D eigenvalue weighted by atomic mass is 10.1. The van der Waals surface area contributed by atoms with Crippen LogP contribution in [-0.4, -0.2) is 26.5 Å². The van der Waals surface area contributed by atoms with Crippen molar-refractivity contribution in [3.8, 4) is 5.75 Å². The van der Waals surface area contributed by atoms with Gasteiger partial charge in [-0.2, -0.15) is 0 Å². The summed E-state index contributed by atoms with van der Waals surface area (Å²) in [6.07, 6.45) is 1.78. The average Bonchev–Trinajstić information content (AvgIpc) is 3.28. The van der Waals surface area contributed by atoms with E-state index in [9.17, 15) is 9.18 Å². The van der Waals surface area contributed by atoms with Gasteiger partial charge in [0.2, 0.25) is 5.28 Å². The van der Waals surface area contributed by atoms with Crippen LogP contribution < -0.4 is 15.6 Å². The molecule has 0 atom stereocenters. The van der Waals surface area contributed by atoms with E-state index >= 15 is 0 Å². The Kier molecular flexibility index (Phi) is 7.41. The van der Waals surface area contributed by atoms with E-state index in [1.54, 1.807) is 29.0 Å². The number of halogens is 3. The predicted molar refractivity (Wildman–Crippen MR) is 142 cm³/mol. The Bertz CT molecular complexity index is 1490. The van der Waals surface area contributed by atoms with Crippen LogP contribution in [0.2, 0.25) is 10.3 Å². The summed E-state index contributed by atoms with van der Waals surface area (Å²) in [5, 5.41) is 3.61. The van der Waals surface area contributed by atoms with Crippen LogP contribution in [0.3, 0.4) is 0 Å². The maximum Gasteiger partial charge on any atom is 0.250 e. The molecule has 0 aliphatic carbocycles. The third kappa shape index (κ3) is 5.61. The van der Waals surface area contributed by atoms with Gasteiger partial charge in [0, 0.05) is 54.6 Å². The molecule has 4 aromatic rings. The van der Waals surface area contributed by atoms with E-state index in [1.165, 1.54) is 13.2 Å². The van der Waals surface area contributed by atoms with E-state index in [0.717, 1.165) is 22.4 Å². The van der Waals surface area contributed by atoms with Crippen LogP contribution in [0.5, 0.6) is 5.75 Å². The number of nitrogens with zero attached hydrogens (tertiary/aromatic N) is 4. The molecule has 3 heterocycles. The minimum atomic E-state index is -0.512. The van der Waals surface area contributed by atoms with Gasteiger partial charge >= 0.3 is 0 Å². The fraction of sp³-hybridized carbons (Fsp3) is 0.222. The monoisotopic (exact) mass is 539 g/mol. The maximum atomic E-state index is 14.7. The number of hydrogen-bond acceptors (Lipinski definition) is 6. The van der Waals surface area contributed by atoms with Gasteiger partial charge < -0.3 is 14.6 Å². The molecular weight excluding hydrogens is 516 g/mol. The van der Waals surface area contributed by atoms with Crippen molar-refractivity contribution in [1.29, 1.82) is 0 Å². The first-order valence-corrected chi connectivity index (χ1v) is 12.4. The molecule has 1 aliphatic rings. The lowest BCUT2D eigenvalue weighted by molar-refractivity contribution is 0.274. The number of rotatable bonds is 8. The van der Waals surface area contributed by atoms with Crippen LogP contribution in [0.4, 0.5) is 10.2 Å². The highest BCUT2D eigenvalue weighted by molar-refractivity contribution is 6.31. The molecule has 37 heavy (non-hydrogen) atoms. The Labute approximate surface area is 223 Å². The molecule has 7 nitrogen and oxygen atoms in total. The van der Waals surface area contributed by atoms with Gasteiger partial charge in [0.25, 0.3) is 5.56 Å². The number of pyridine rings is 1. The fourth-order valence-corrected chi connectivity index (χ4v) is 4.81. The smallest absolute Gasteiger partial charge is 0.250 e. The molecule has 0 unspecified atom stereocenters. The van der Waals surface area contributed by atoms with Crippen LogP contribution in [0.1, 0.15) is 27.9 Å². The molecule has 0 saturated carbocycles. The topological polar surface area (TPSA) is 72.3 Å². The van der Waals surface area contributed by atoms with E-state index in [4.69, 9.17) is 27.9 Å². The molecule has 0 saturated heterocycles. The van der Waals surface area contributed by atoms with Gasteiger partial charge in [0.15, 0.2) is 11.6 Å². The molecule has 0 radical (unpaired) electrons. The van der Waals surface area contributed by atoms with E-state index in [2.05, 4.69) is 32.3 Å². The van der Waals surface area contributed by atoms with E-state index in [-0.39, 0.29) is 28.7 Å². The zero-order valence-electron chi connectivity index (χ0n) is 20.0. The molecule has 2 aromatic heterocycles. The molecule has 10 heteroatoms. The molecular formula is C27H24Cl2FN5O2. The Hall–Kier alpha value is -3.46. The number of aromatic nitrogens is 3. The Balaban J connectivity index is 1.27. The number of ether oxygens (including phenoxy) is 1. The standard InChI is InChI=1S/C27H24Cl2FN5O2/c1-37-23-10-9-21(28)19(25(23)30)12-31-26-20-15-34(16-22(20)32-27(29)33-26)13-17-5-7-18(8-6-17)14-35-11-3-2-4-24(35)36/h2-11H,12-16H2,1H3,(H,31,32,33). The number of nitrogens with one attached hydrogen (secondary N) is 1. The van der Waals surface area contributed by atoms with Crippen LogP contribution in [-0.2, 0) is 32.7 Å². The second-order valence-electron chi connectivity index (χ2n) is 8.79. The number of hydrogen-bond donors (Lipinski definition) is 1. The van der Waals surface area contributed by atoms with Crippen molar-refractivity contribution in [2.24, 2.45) is 0 Å². The maximum absolute atomic E-state index is 14.7. The fourth-order valence-electron chi connectivity index (χ4n) is 4.41. The van der Waals surface area contributed by atoms with Crippen molar-refractivity contribution >= 4 is 29.0 Å². The quantitative estimate of drug-likeness (QED) is 0.307.